The summed E-state index contributed by atoms with van der Waals surface area (Å²) in [6, 6.07) is 6.48. The molecule has 1 fully saturated rings. The largest absolute Gasteiger partial charge is 0.444 e. The minimum absolute atomic E-state index is 0.0600. The Bertz CT molecular complexity index is 751. The van der Waals surface area contributed by atoms with Gasteiger partial charge in [-0.15, -0.1) is 0 Å². The summed E-state index contributed by atoms with van der Waals surface area (Å²) < 4.78 is 5.38. The third kappa shape index (κ3) is 5.58. The smallest absolute Gasteiger partial charge is 0.410 e. The van der Waals surface area contributed by atoms with Gasteiger partial charge in [-0.3, -0.25) is 10.1 Å². The lowest BCUT2D eigenvalue weighted by Gasteiger charge is -2.36. The Balaban J connectivity index is 2.09. The molecule has 0 radical (unpaired) electrons. The fourth-order valence-electron chi connectivity index (χ4n) is 3.24. The van der Waals surface area contributed by atoms with Crippen LogP contribution in [0, 0.1) is 27.4 Å². The Morgan fingerprint density at radius 3 is 2.78 bits per heavy atom. The average Bonchev–Trinajstić information content (AvgIpc) is 2.59. The van der Waals surface area contributed by atoms with E-state index in [1.165, 1.54) is 6.07 Å². The van der Waals surface area contributed by atoms with Crippen LogP contribution in [0.4, 0.5) is 16.2 Å². The van der Waals surface area contributed by atoms with Crippen molar-refractivity contribution in [3.05, 3.63) is 33.9 Å². The van der Waals surface area contributed by atoms with Crippen LogP contribution < -0.4 is 4.90 Å². The number of benzene rings is 1. The SMILES string of the molecule is CN(CC1CCCN(c2ccc(C#N)cc2[N+](=O)[O-])C1)C(=O)OC(C)(C)C. The van der Waals surface area contributed by atoms with Crippen LogP contribution in [-0.2, 0) is 4.74 Å². The third-order valence-corrected chi connectivity index (χ3v) is 4.40. The van der Waals surface area contributed by atoms with E-state index in [1.807, 2.05) is 31.7 Å². The number of carbonyl (C=O) groups is 1. The molecule has 1 aliphatic rings. The van der Waals surface area contributed by atoms with Crippen molar-refractivity contribution in [1.29, 1.82) is 5.26 Å². The molecule has 27 heavy (non-hydrogen) atoms. The minimum atomic E-state index is -0.549. The van der Waals surface area contributed by atoms with E-state index in [0.29, 0.717) is 25.3 Å². The van der Waals surface area contributed by atoms with Crippen molar-refractivity contribution in [3.63, 3.8) is 0 Å². The first-order valence-corrected chi connectivity index (χ1v) is 8.98. The number of ether oxygens (including phenoxy) is 1. The van der Waals surface area contributed by atoms with Gasteiger partial charge in [0.25, 0.3) is 5.69 Å². The van der Waals surface area contributed by atoms with E-state index in [4.69, 9.17) is 10.00 Å². The van der Waals surface area contributed by atoms with Gasteiger partial charge in [0.2, 0.25) is 0 Å². The number of anilines is 1. The van der Waals surface area contributed by atoms with Crippen molar-refractivity contribution in [2.45, 2.75) is 39.2 Å². The zero-order valence-electron chi connectivity index (χ0n) is 16.3. The number of nitrogens with zero attached hydrogens (tertiary/aromatic N) is 4. The van der Waals surface area contributed by atoms with Crippen LogP contribution >= 0.6 is 0 Å². The van der Waals surface area contributed by atoms with E-state index in [9.17, 15) is 14.9 Å². The summed E-state index contributed by atoms with van der Waals surface area (Å²) >= 11 is 0. The van der Waals surface area contributed by atoms with Crippen LogP contribution in [0.15, 0.2) is 18.2 Å². The van der Waals surface area contributed by atoms with E-state index >= 15 is 0 Å². The second-order valence-corrected chi connectivity index (χ2v) is 7.89. The fourth-order valence-corrected chi connectivity index (χ4v) is 3.24. The standard InChI is InChI=1S/C19H26N4O4/c1-19(2,3)27-18(24)21(4)12-15-6-5-9-22(13-15)16-8-7-14(11-20)10-17(16)23(25)26/h7-8,10,15H,5-6,9,12-13H2,1-4H3. The summed E-state index contributed by atoms with van der Waals surface area (Å²) in [6.45, 7) is 7.32. The molecule has 1 aromatic carbocycles. The maximum Gasteiger partial charge on any atom is 0.410 e. The molecule has 146 valence electrons. The number of hydrogen-bond acceptors (Lipinski definition) is 6. The first kappa shape index (κ1) is 20.5. The Hall–Kier alpha value is -2.82. The monoisotopic (exact) mass is 374 g/mol. The molecule has 1 aliphatic heterocycles. The van der Waals surface area contributed by atoms with Crippen LogP contribution in [0.25, 0.3) is 0 Å². The maximum atomic E-state index is 12.2. The number of nitriles is 1. The highest BCUT2D eigenvalue weighted by Crippen LogP contribution is 2.32. The zero-order valence-corrected chi connectivity index (χ0v) is 16.3. The van der Waals surface area contributed by atoms with Crippen LogP contribution in [0.1, 0.15) is 39.2 Å². The molecule has 1 heterocycles. The van der Waals surface area contributed by atoms with Crippen LogP contribution in [-0.4, -0.2) is 48.2 Å². The van der Waals surface area contributed by atoms with E-state index in [0.717, 1.165) is 12.8 Å². The average molecular weight is 374 g/mol. The number of amides is 1. The van der Waals surface area contributed by atoms with Gasteiger partial charge in [0.15, 0.2) is 0 Å². The predicted octanol–water partition coefficient (Wildman–Crippen LogP) is 3.55. The zero-order chi connectivity index (χ0) is 20.2. The number of nitro benzene ring substituents is 1. The van der Waals surface area contributed by atoms with Crippen molar-refractivity contribution in [2.75, 3.05) is 31.6 Å². The lowest BCUT2D eigenvalue weighted by Crippen LogP contribution is -2.43. The molecule has 0 aromatic heterocycles. The van der Waals surface area contributed by atoms with Gasteiger partial charge in [0, 0.05) is 32.7 Å². The van der Waals surface area contributed by atoms with Crippen molar-refractivity contribution in [3.8, 4) is 6.07 Å². The molecule has 1 aromatic rings. The fraction of sp³-hybridized carbons (Fsp3) is 0.579. The number of hydrogen-bond donors (Lipinski definition) is 0. The molecule has 0 spiro atoms. The van der Waals surface area contributed by atoms with Gasteiger partial charge in [0.1, 0.15) is 11.3 Å². The highest BCUT2D eigenvalue weighted by Gasteiger charge is 2.28. The second kappa shape index (κ2) is 8.25. The van der Waals surface area contributed by atoms with Crippen molar-refractivity contribution in [1.82, 2.24) is 4.90 Å². The molecule has 2 rings (SSSR count). The number of rotatable bonds is 4. The maximum absolute atomic E-state index is 12.2. The van der Waals surface area contributed by atoms with E-state index < -0.39 is 10.5 Å². The van der Waals surface area contributed by atoms with Crippen LogP contribution in [0.2, 0.25) is 0 Å². The van der Waals surface area contributed by atoms with Gasteiger partial charge in [-0.25, -0.2) is 4.79 Å². The Labute approximate surface area is 159 Å². The van der Waals surface area contributed by atoms with Crippen molar-refractivity contribution in [2.24, 2.45) is 5.92 Å². The Kier molecular flexibility index (Phi) is 6.26. The first-order valence-electron chi connectivity index (χ1n) is 8.98. The van der Waals surface area contributed by atoms with Crippen molar-refractivity contribution >= 4 is 17.5 Å². The predicted molar refractivity (Wildman–Crippen MR) is 102 cm³/mol. The minimum Gasteiger partial charge on any atom is -0.444 e. The number of carbonyl (C=O) groups excluding carboxylic acids is 1. The molecule has 8 heteroatoms. The molecule has 0 aliphatic carbocycles. The Morgan fingerprint density at radius 2 is 2.19 bits per heavy atom. The molecule has 1 unspecified atom stereocenters. The first-order chi connectivity index (χ1) is 12.6. The van der Waals surface area contributed by atoms with Gasteiger partial charge < -0.3 is 14.5 Å². The lowest BCUT2D eigenvalue weighted by atomic mass is 9.96. The lowest BCUT2D eigenvalue weighted by molar-refractivity contribution is -0.384. The summed E-state index contributed by atoms with van der Waals surface area (Å²) in [5.41, 5.74) is 0.176. The topological polar surface area (TPSA) is 99.7 Å². The highest BCUT2D eigenvalue weighted by molar-refractivity contribution is 5.68. The summed E-state index contributed by atoms with van der Waals surface area (Å²) in [7, 11) is 1.71. The van der Waals surface area contributed by atoms with E-state index in [2.05, 4.69) is 0 Å². The molecule has 1 atom stereocenters. The van der Waals surface area contributed by atoms with Crippen LogP contribution in [0.3, 0.4) is 0 Å². The highest BCUT2D eigenvalue weighted by atomic mass is 16.6. The molecular weight excluding hydrogens is 348 g/mol. The molecule has 1 saturated heterocycles. The van der Waals surface area contributed by atoms with Gasteiger partial charge in [-0.05, 0) is 51.7 Å². The van der Waals surface area contributed by atoms with Gasteiger partial charge in [0.05, 0.1) is 16.6 Å². The number of piperidine rings is 1. The quantitative estimate of drug-likeness (QED) is 0.590. The number of nitro groups is 1. The third-order valence-electron chi connectivity index (χ3n) is 4.40. The van der Waals surface area contributed by atoms with E-state index in [1.54, 1.807) is 24.1 Å². The summed E-state index contributed by atoms with van der Waals surface area (Å²) in [5, 5.41) is 20.4. The molecule has 8 nitrogen and oxygen atoms in total. The molecule has 0 bridgehead atoms. The molecular formula is C19H26N4O4. The van der Waals surface area contributed by atoms with Crippen molar-refractivity contribution < 1.29 is 14.5 Å². The van der Waals surface area contributed by atoms with E-state index in [-0.39, 0.29) is 23.3 Å². The van der Waals surface area contributed by atoms with Gasteiger partial charge >= 0.3 is 6.09 Å². The van der Waals surface area contributed by atoms with Crippen LogP contribution in [0.5, 0.6) is 0 Å². The molecule has 0 N–H and O–H groups in total. The summed E-state index contributed by atoms with van der Waals surface area (Å²) in [6.07, 6.45) is 1.45. The Morgan fingerprint density at radius 1 is 1.48 bits per heavy atom. The molecule has 1 amide bonds. The summed E-state index contributed by atoms with van der Waals surface area (Å²) in [5.74, 6) is 0.187. The second-order valence-electron chi connectivity index (χ2n) is 7.89. The van der Waals surface area contributed by atoms with Gasteiger partial charge in [-0.1, -0.05) is 0 Å². The van der Waals surface area contributed by atoms with Gasteiger partial charge in [-0.2, -0.15) is 5.26 Å². The summed E-state index contributed by atoms with van der Waals surface area (Å²) in [4.78, 5) is 26.7. The molecule has 0 saturated carbocycles. The normalized spacial score (nSPS) is 17.1.